The van der Waals surface area contributed by atoms with Gasteiger partial charge in [-0.2, -0.15) is 0 Å². The van der Waals surface area contributed by atoms with E-state index in [-0.39, 0.29) is 12.5 Å². The van der Waals surface area contributed by atoms with Crippen LogP contribution in [0.2, 0.25) is 0 Å². The zero-order valence-corrected chi connectivity index (χ0v) is 22.1. The number of carbonyl (C=O) groups excluding carboxylic acids is 1. The van der Waals surface area contributed by atoms with Crippen molar-refractivity contribution in [1.29, 1.82) is 0 Å². The minimum Gasteiger partial charge on any atom is -0.497 e. The van der Waals surface area contributed by atoms with Crippen molar-refractivity contribution in [2.75, 3.05) is 18.6 Å². The molecule has 0 bridgehead atoms. The second-order valence-electron chi connectivity index (χ2n) is 9.46. The van der Waals surface area contributed by atoms with Crippen LogP contribution in [0.1, 0.15) is 36.5 Å². The van der Waals surface area contributed by atoms with Crippen molar-refractivity contribution >= 4 is 17.7 Å². The Balaban J connectivity index is 1.50. The van der Waals surface area contributed by atoms with Crippen molar-refractivity contribution in [3.05, 3.63) is 102 Å². The molecule has 4 aromatic rings. The number of pyridine rings is 1. The number of amides is 1. The fourth-order valence-electron chi connectivity index (χ4n) is 5.30. The summed E-state index contributed by atoms with van der Waals surface area (Å²) in [5, 5.41) is 9.95. The maximum absolute atomic E-state index is 13.7. The average molecular weight is 523 g/mol. The number of carboxylic acids is 1. The summed E-state index contributed by atoms with van der Waals surface area (Å²) in [5.74, 6) is -0.577. The molecular formula is C32H30N2O5. The largest absolute Gasteiger partial charge is 0.497 e. The van der Waals surface area contributed by atoms with E-state index >= 15 is 0 Å². The third-order valence-electron chi connectivity index (χ3n) is 7.32. The number of fused-ring (bicyclic) bond motifs is 3. The summed E-state index contributed by atoms with van der Waals surface area (Å²) in [5.41, 5.74) is 7.31. The number of aryl methyl sites for hydroxylation is 1. The van der Waals surface area contributed by atoms with Gasteiger partial charge in [0.2, 0.25) is 0 Å². The molecule has 7 nitrogen and oxygen atoms in total. The van der Waals surface area contributed by atoms with Gasteiger partial charge < -0.3 is 14.6 Å². The van der Waals surface area contributed by atoms with E-state index in [0.717, 1.165) is 39.1 Å². The van der Waals surface area contributed by atoms with E-state index < -0.39 is 18.1 Å². The number of anilines is 1. The summed E-state index contributed by atoms with van der Waals surface area (Å²) in [7, 11) is 1.61. The first-order valence-corrected chi connectivity index (χ1v) is 12.9. The Kier molecular flexibility index (Phi) is 7.32. The quantitative estimate of drug-likeness (QED) is 0.282. The SMILES string of the molecule is CCc1cc(OC)ccc1-c1ccncc1N(C(=O)OCC1c2ccccc2-c2ccccc21)[C@@H](C)C(=O)O. The minimum absolute atomic E-state index is 0.0774. The smallest absolute Gasteiger partial charge is 0.415 e. The minimum atomic E-state index is -1.19. The highest BCUT2D eigenvalue weighted by Gasteiger charge is 2.34. The Bertz CT molecular complexity index is 1490. The molecule has 0 aliphatic heterocycles. The van der Waals surface area contributed by atoms with E-state index in [9.17, 15) is 14.7 Å². The van der Waals surface area contributed by atoms with Crippen molar-refractivity contribution in [3.8, 4) is 28.0 Å². The van der Waals surface area contributed by atoms with Crippen LogP contribution in [0.5, 0.6) is 5.75 Å². The molecule has 1 N–H and O–H groups in total. The zero-order chi connectivity index (χ0) is 27.5. The van der Waals surface area contributed by atoms with E-state index in [1.807, 2.05) is 61.5 Å². The molecule has 1 atom stereocenters. The Morgan fingerprint density at radius 1 is 0.949 bits per heavy atom. The van der Waals surface area contributed by atoms with Crippen molar-refractivity contribution in [1.82, 2.24) is 4.98 Å². The first-order valence-electron chi connectivity index (χ1n) is 12.9. The lowest BCUT2D eigenvalue weighted by Crippen LogP contribution is -2.44. The standard InChI is InChI=1S/C32H30N2O5/c1-4-21-17-22(38-3)13-14-23(21)28-15-16-33-18-30(28)34(20(2)31(35)36)32(37)39-19-29-26-11-7-5-9-24(26)25-10-6-8-12-27(25)29/h5-18,20,29H,4,19H2,1-3H3,(H,35,36)/t20-/m0/s1. The number of hydrogen-bond acceptors (Lipinski definition) is 5. The predicted molar refractivity (Wildman–Crippen MR) is 150 cm³/mol. The average Bonchev–Trinajstić information content (AvgIpc) is 3.29. The van der Waals surface area contributed by atoms with E-state index in [4.69, 9.17) is 9.47 Å². The molecule has 1 heterocycles. The lowest BCUT2D eigenvalue weighted by atomic mass is 9.96. The molecule has 1 amide bonds. The summed E-state index contributed by atoms with van der Waals surface area (Å²) in [6.07, 6.45) is 3.12. The summed E-state index contributed by atoms with van der Waals surface area (Å²) >= 11 is 0. The second kappa shape index (κ2) is 11.0. The molecule has 0 saturated heterocycles. The van der Waals surface area contributed by atoms with Crippen LogP contribution in [0.3, 0.4) is 0 Å². The summed E-state index contributed by atoms with van der Waals surface area (Å²) < 4.78 is 11.3. The molecule has 3 aromatic carbocycles. The lowest BCUT2D eigenvalue weighted by molar-refractivity contribution is -0.138. The lowest BCUT2D eigenvalue weighted by Gasteiger charge is -2.28. The van der Waals surface area contributed by atoms with Crippen molar-refractivity contribution in [2.24, 2.45) is 0 Å². The first kappa shape index (κ1) is 26.0. The van der Waals surface area contributed by atoms with Crippen LogP contribution >= 0.6 is 0 Å². The molecule has 1 aromatic heterocycles. The number of rotatable bonds is 8. The van der Waals surface area contributed by atoms with Crippen LogP contribution in [-0.2, 0) is 16.0 Å². The van der Waals surface area contributed by atoms with Crippen molar-refractivity contribution in [3.63, 3.8) is 0 Å². The molecular weight excluding hydrogens is 492 g/mol. The Labute approximate surface area is 227 Å². The molecule has 198 valence electrons. The van der Waals surface area contributed by atoms with Crippen LogP contribution in [0.25, 0.3) is 22.3 Å². The number of nitrogens with zero attached hydrogens (tertiary/aromatic N) is 2. The molecule has 1 aliphatic rings. The predicted octanol–water partition coefficient (Wildman–Crippen LogP) is 6.55. The highest BCUT2D eigenvalue weighted by molar-refractivity contribution is 5.99. The number of aromatic nitrogens is 1. The molecule has 0 unspecified atom stereocenters. The second-order valence-corrected chi connectivity index (χ2v) is 9.46. The Hall–Kier alpha value is -4.65. The number of methoxy groups -OCH3 is 1. The third kappa shape index (κ3) is 4.83. The van der Waals surface area contributed by atoms with Crippen LogP contribution in [0.4, 0.5) is 10.5 Å². The van der Waals surface area contributed by atoms with Gasteiger partial charge in [-0.05, 0) is 64.9 Å². The van der Waals surface area contributed by atoms with Gasteiger partial charge in [0.15, 0.2) is 0 Å². The number of hydrogen-bond donors (Lipinski definition) is 1. The van der Waals surface area contributed by atoms with Crippen LogP contribution in [0.15, 0.2) is 85.2 Å². The summed E-state index contributed by atoms with van der Waals surface area (Å²) in [4.78, 5) is 31.3. The normalized spacial score (nSPS) is 12.8. The van der Waals surface area contributed by atoms with E-state index in [0.29, 0.717) is 17.7 Å². The van der Waals surface area contributed by atoms with Gasteiger partial charge in [0.1, 0.15) is 18.4 Å². The van der Waals surface area contributed by atoms with Gasteiger partial charge in [-0.15, -0.1) is 0 Å². The monoisotopic (exact) mass is 522 g/mol. The van der Waals surface area contributed by atoms with E-state index in [2.05, 4.69) is 17.1 Å². The van der Waals surface area contributed by atoms with Gasteiger partial charge in [-0.3, -0.25) is 9.88 Å². The molecule has 0 radical (unpaired) electrons. The van der Waals surface area contributed by atoms with Crippen LogP contribution < -0.4 is 9.64 Å². The van der Waals surface area contributed by atoms with Crippen LogP contribution in [-0.4, -0.2) is 41.9 Å². The van der Waals surface area contributed by atoms with Crippen LogP contribution in [0, 0.1) is 0 Å². The third-order valence-corrected chi connectivity index (χ3v) is 7.32. The van der Waals surface area contributed by atoms with Gasteiger partial charge in [0, 0.05) is 17.7 Å². The van der Waals surface area contributed by atoms with Gasteiger partial charge in [-0.1, -0.05) is 61.5 Å². The summed E-state index contributed by atoms with van der Waals surface area (Å²) in [6.45, 7) is 3.58. The van der Waals surface area contributed by atoms with Gasteiger partial charge in [0.05, 0.1) is 19.0 Å². The molecule has 0 fully saturated rings. The van der Waals surface area contributed by atoms with Crippen molar-refractivity contribution in [2.45, 2.75) is 32.2 Å². The fraction of sp³-hybridized carbons (Fsp3) is 0.219. The highest BCUT2D eigenvalue weighted by Crippen LogP contribution is 2.44. The summed E-state index contributed by atoms with van der Waals surface area (Å²) in [6, 6.07) is 22.4. The Morgan fingerprint density at radius 3 is 2.23 bits per heavy atom. The molecule has 5 rings (SSSR count). The first-order chi connectivity index (χ1) is 18.9. The Morgan fingerprint density at radius 2 is 1.62 bits per heavy atom. The number of carbonyl (C=O) groups is 2. The van der Waals surface area contributed by atoms with Gasteiger partial charge in [-0.25, -0.2) is 9.59 Å². The maximum atomic E-state index is 13.7. The molecule has 1 aliphatic carbocycles. The topological polar surface area (TPSA) is 89.0 Å². The van der Waals surface area contributed by atoms with E-state index in [1.165, 1.54) is 18.0 Å². The molecule has 7 heteroatoms. The van der Waals surface area contributed by atoms with Gasteiger partial charge >= 0.3 is 12.1 Å². The maximum Gasteiger partial charge on any atom is 0.415 e. The number of benzene rings is 3. The van der Waals surface area contributed by atoms with Gasteiger partial charge in [0.25, 0.3) is 0 Å². The fourth-order valence-corrected chi connectivity index (χ4v) is 5.30. The molecule has 0 saturated carbocycles. The number of ether oxygens (including phenoxy) is 2. The number of aliphatic carboxylic acids is 1. The highest BCUT2D eigenvalue weighted by atomic mass is 16.6. The van der Waals surface area contributed by atoms with Crippen molar-refractivity contribution < 1.29 is 24.2 Å². The molecule has 39 heavy (non-hydrogen) atoms. The zero-order valence-electron chi connectivity index (χ0n) is 22.1. The molecule has 0 spiro atoms. The number of carboxylic acid groups (broad SMARTS) is 1. The van der Waals surface area contributed by atoms with E-state index in [1.54, 1.807) is 19.4 Å².